The number of nitrogens with zero attached hydrogens (tertiary/aromatic N) is 3. The van der Waals surface area contributed by atoms with Crippen molar-refractivity contribution in [2.75, 3.05) is 38.1 Å². The van der Waals surface area contributed by atoms with Gasteiger partial charge in [-0.25, -0.2) is 0 Å². The second-order valence-corrected chi connectivity index (χ2v) is 6.03. The molecule has 0 aliphatic carbocycles. The minimum absolute atomic E-state index is 0.139. The Labute approximate surface area is 128 Å². The van der Waals surface area contributed by atoms with Gasteiger partial charge in [0.2, 0.25) is 0 Å². The molecule has 1 aliphatic rings. The Morgan fingerprint density at radius 3 is 2.80 bits per heavy atom. The first kappa shape index (κ1) is 15.1. The Hall–Kier alpha value is -1.27. The highest BCUT2D eigenvalue weighted by Gasteiger charge is 2.15. The predicted molar refractivity (Wildman–Crippen MR) is 85.6 cm³/mol. The van der Waals surface area contributed by atoms with E-state index in [1.54, 1.807) is 0 Å². The minimum Gasteiger partial charge on any atom is -0.409 e. The molecule has 0 unspecified atom stereocenters. The first-order valence-corrected chi connectivity index (χ1v) is 7.62. The van der Waals surface area contributed by atoms with Crippen molar-refractivity contribution in [3.05, 3.63) is 28.2 Å². The van der Waals surface area contributed by atoms with E-state index in [2.05, 4.69) is 30.9 Å². The van der Waals surface area contributed by atoms with E-state index in [4.69, 9.17) is 10.9 Å². The maximum atomic E-state index is 8.89. The Morgan fingerprint density at radius 2 is 2.15 bits per heavy atom. The van der Waals surface area contributed by atoms with Crippen molar-refractivity contribution in [1.82, 2.24) is 4.90 Å². The van der Waals surface area contributed by atoms with Crippen LogP contribution in [0.1, 0.15) is 18.4 Å². The van der Waals surface area contributed by atoms with E-state index in [1.807, 2.05) is 25.2 Å². The van der Waals surface area contributed by atoms with Crippen molar-refractivity contribution in [2.45, 2.75) is 12.8 Å². The number of hydrogen-bond donors (Lipinski definition) is 2. The largest absolute Gasteiger partial charge is 0.409 e. The number of likely N-dealkylation sites (N-methyl/N-ethyl adjacent to an activating group) is 1. The average molecular weight is 341 g/mol. The van der Waals surface area contributed by atoms with Crippen LogP contribution in [0.5, 0.6) is 0 Å². The molecule has 1 aromatic carbocycles. The van der Waals surface area contributed by atoms with Crippen LogP contribution in [0.3, 0.4) is 0 Å². The van der Waals surface area contributed by atoms with E-state index >= 15 is 0 Å². The number of anilines is 1. The summed E-state index contributed by atoms with van der Waals surface area (Å²) >= 11 is 3.47. The predicted octanol–water partition coefficient (Wildman–Crippen LogP) is 2.08. The third kappa shape index (κ3) is 3.64. The van der Waals surface area contributed by atoms with Gasteiger partial charge in [0.25, 0.3) is 0 Å². The highest BCUT2D eigenvalue weighted by Crippen LogP contribution is 2.24. The van der Waals surface area contributed by atoms with Crippen LogP contribution in [0.4, 0.5) is 5.69 Å². The molecule has 3 N–H and O–H groups in total. The number of hydrogen-bond acceptors (Lipinski definition) is 4. The molecule has 1 aliphatic heterocycles. The average Bonchev–Trinajstić information content (AvgIpc) is 2.97. The fourth-order valence-corrected chi connectivity index (χ4v) is 2.86. The lowest BCUT2D eigenvalue weighted by Crippen LogP contribution is -2.32. The van der Waals surface area contributed by atoms with Gasteiger partial charge in [-0.3, -0.25) is 0 Å². The molecule has 1 heterocycles. The lowest BCUT2D eigenvalue weighted by molar-refractivity contribution is 0.318. The summed E-state index contributed by atoms with van der Waals surface area (Å²) in [6, 6.07) is 5.75. The maximum Gasteiger partial charge on any atom is 0.172 e. The lowest BCUT2D eigenvalue weighted by atomic mass is 10.1. The van der Waals surface area contributed by atoms with Crippen LogP contribution in [0.25, 0.3) is 0 Å². The van der Waals surface area contributed by atoms with Crippen molar-refractivity contribution in [1.29, 1.82) is 0 Å². The normalized spacial score (nSPS) is 16.6. The molecule has 0 aromatic heterocycles. The molecule has 1 aromatic rings. The molecule has 110 valence electrons. The van der Waals surface area contributed by atoms with Crippen LogP contribution in [0.15, 0.2) is 27.8 Å². The number of nitrogens with two attached hydrogens (primary N) is 1. The minimum atomic E-state index is 0.139. The zero-order valence-electron chi connectivity index (χ0n) is 11.7. The summed E-state index contributed by atoms with van der Waals surface area (Å²) in [5.41, 5.74) is 7.47. The van der Waals surface area contributed by atoms with E-state index in [0.29, 0.717) is 0 Å². The maximum absolute atomic E-state index is 8.89. The van der Waals surface area contributed by atoms with Gasteiger partial charge in [0.05, 0.1) is 0 Å². The summed E-state index contributed by atoms with van der Waals surface area (Å²) in [7, 11) is 2.03. The van der Waals surface area contributed by atoms with Crippen LogP contribution in [0, 0.1) is 0 Å². The quantitative estimate of drug-likeness (QED) is 0.372. The van der Waals surface area contributed by atoms with Crippen molar-refractivity contribution < 1.29 is 5.21 Å². The molecule has 0 atom stereocenters. The van der Waals surface area contributed by atoms with Gasteiger partial charge in [-0.15, -0.1) is 0 Å². The van der Waals surface area contributed by atoms with Crippen molar-refractivity contribution in [3.8, 4) is 0 Å². The first-order chi connectivity index (χ1) is 9.61. The van der Waals surface area contributed by atoms with Crippen LogP contribution in [0.2, 0.25) is 0 Å². The van der Waals surface area contributed by atoms with Gasteiger partial charge in [0.15, 0.2) is 5.84 Å². The monoisotopic (exact) mass is 340 g/mol. The Balaban J connectivity index is 2.10. The highest BCUT2D eigenvalue weighted by atomic mass is 79.9. The van der Waals surface area contributed by atoms with E-state index < -0.39 is 0 Å². The molecular formula is C14H21BrN4O. The third-order valence-corrected chi connectivity index (χ3v) is 4.20. The summed E-state index contributed by atoms with van der Waals surface area (Å²) in [4.78, 5) is 4.62. The summed E-state index contributed by atoms with van der Waals surface area (Å²) in [6.07, 6.45) is 2.60. The van der Waals surface area contributed by atoms with Gasteiger partial charge in [0.1, 0.15) is 0 Å². The molecule has 0 saturated carbocycles. The topological polar surface area (TPSA) is 65.1 Å². The zero-order valence-corrected chi connectivity index (χ0v) is 13.3. The van der Waals surface area contributed by atoms with Crippen molar-refractivity contribution in [2.24, 2.45) is 10.9 Å². The second kappa shape index (κ2) is 6.95. The highest BCUT2D eigenvalue weighted by molar-refractivity contribution is 9.10. The van der Waals surface area contributed by atoms with E-state index in [0.717, 1.165) is 28.8 Å². The van der Waals surface area contributed by atoms with E-state index in [1.165, 1.54) is 25.9 Å². The van der Waals surface area contributed by atoms with Crippen LogP contribution in [-0.2, 0) is 0 Å². The summed E-state index contributed by atoms with van der Waals surface area (Å²) in [5, 5.41) is 12.0. The molecule has 0 amide bonds. The van der Waals surface area contributed by atoms with Gasteiger partial charge < -0.3 is 20.7 Å². The Kier molecular flexibility index (Phi) is 5.25. The smallest absolute Gasteiger partial charge is 0.172 e. The van der Waals surface area contributed by atoms with E-state index in [9.17, 15) is 0 Å². The zero-order chi connectivity index (χ0) is 14.5. The summed E-state index contributed by atoms with van der Waals surface area (Å²) in [6.45, 7) is 4.35. The number of oxime groups is 1. The van der Waals surface area contributed by atoms with Gasteiger partial charge in [-0.05, 0) is 44.1 Å². The molecule has 6 heteroatoms. The molecule has 2 rings (SSSR count). The molecular weight excluding hydrogens is 320 g/mol. The third-order valence-electron chi connectivity index (χ3n) is 3.71. The number of rotatable bonds is 5. The van der Waals surface area contributed by atoms with Crippen molar-refractivity contribution in [3.63, 3.8) is 0 Å². The van der Waals surface area contributed by atoms with Crippen LogP contribution >= 0.6 is 15.9 Å². The second-order valence-electron chi connectivity index (χ2n) is 5.12. The van der Waals surface area contributed by atoms with Crippen LogP contribution < -0.4 is 10.6 Å². The molecule has 1 fully saturated rings. The number of amidine groups is 1. The summed E-state index contributed by atoms with van der Waals surface area (Å²) in [5.74, 6) is 0.139. The molecule has 1 saturated heterocycles. The number of halogens is 1. The molecule has 20 heavy (non-hydrogen) atoms. The van der Waals surface area contributed by atoms with Gasteiger partial charge in [-0.1, -0.05) is 21.1 Å². The van der Waals surface area contributed by atoms with Gasteiger partial charge in [-0.2, -0.15) is 0 Å². The fraction of sp³-hybridized carbons (Fsp3) is 0.500. The van der Waals surface area contributed by atoms with Crippen LogP contribution in [-0.4, -0.2) is 49.2 Å². The molecule has 0 bridgehead atoms. The molecule has 0 radical (unpaired) electrons. The van der Waals surface area contributed by atoms with Crippen molar-refractivity contribution >= 4 is 27.5 Å². The lowest BCUT2D eigenvalue weighted by Gasteiger charge is -2.25. The first-order valence-electron chi connectivity index (χ1n) is 6.83. The molecule has 5 nitrogen and oxygen atoms in total. The SMILES string of the molecule is CN(CCN1CCCC1)c1cc(Br)ccc1/C(N)=N/O. The Morgan fingerprint density at radius 1 is 1.45 bits per heavy atom. The number of likely N-dealkylation sites (tertiary alicyclic amines) is 1. The number of benzene rings is 1. The fourth-order valence-electron chi connectivity index (χ4n) is 2.51. The summed E-state index contributed by atoms with van der Waals surface area (Å²) < 4.78 is 0.981. The van der Waals surface area contributed by atoms with E-state index in [-0.39, 0.29) is 5.84 Å². The Bertz CT molecular complexity index is 486. The van der Waals surface area contributed by atoms with Gasteiger partial charge >= 0.3 is 0 Å². The molecule has 0 spiro atoms. The van der Waals surface area contributed by atoms with Gasteiger partial charge in [0, 0.05) is 35.9 Å². The standard InChI is InChI=1S/C14H21BrN4O/c1-18(8-9-19-6-2-3-7-19)13-10-11(15)4-5-12(13)14(16)17-20/h4-5,10,20H,2-3,6-9H2,1H3,(H2,16,17).